The molecule has 4 rings (SSSR count). The van der Waals surface area contributed by atoms with E-state index in [2.05, 4.69) is 25.9 Å². The molecular weight excluding hydrogens is 341 g/mol. The van der Waals surface area contributed by atoms with Crippen molar-refractivity contribution in [3.05, 3.63) is 78.1 Å². The first-order valence-electron chi connectivity index (χ1n) is 9.40. The minimum absolute atomic E-state index is 0.200. The lowest BCUT2D eigenvalue weighted by Gasteiger charge is -2.23. The van der Waals surface area contributed by atoms with Gasteiger partial charge in [0.25, 0.3) is 0 Å². The van der Waals surface area contributed by atoms with Crippen molar-refractivity contribution in [2.75, 3.05) is 26.2 Å². The third kappa shape index (κ3) is 4.59. The average Bonchev–Trinajstić information content (AvgIpc) is 3.12. The topological polar surface area (TPSA) is 37.2 Å². The van der Waals surface area contributed by atoms with Gasteiger partial charge in [-0.3, -0.25) is 14.8 Å². The molecule has 0 atom stereocenters. The number of pyridine rings is 1. The van der Waals surface area contributed by atoms with Gasteiger partial charge in [0.05, 0.1) is 5.69 Å². The number of benzene rings is 1. The summed E-state index contributed by atoms with van der Waals surface area (Å²) in [7, 11) is 0. The first kappa shape index (κ1) is 17.8. The molecule has 140 valence electrons. The molecule has 0 spiro atoms. The Morgan fingerprint density at radius 1 is 0.926 bits per heavy atom. The summed E-state index contributed by atoms with van der Waals surface area (Å²) in [5, 5.41) is 4.31. The van der Waals surface area contributed by atoms with Gasteiger partial charge < -0.3 is 0 Å². The van der Waals surface area contributed by atoms with Crippen molar-refractivity contribution in [1.29, 1.82) is 0 Å². The van der Waals surface area contributed by atoms with Crippen LogP contribution in [0.3, 0.4) is 0 Å². The Bertz CT molecular complexity index is 850. The fourth-order valence-electron chi connectivity index (χ4n) is 3.65. The van der Waals surface area contributed by atoms with Crippen LogP contribution in [0.15, 0.2) is 61.2 Å². The Labute approximate surface area is 159 Å². The Hall–Kier alpha value is -2.57. The fourth-order valence-corrected chi connectivity index (χ4v) is 3.65. The van der Waals surface area contributed by atoms with Crippen LogP contribution in [0.4, 0.5) is 4.39 Å². The molecule has 0 unspecified atom stereocenters. The Kier molecular flexibility index (Phi) is 5.55. The average molecular weight is 365 g/mol. The SMILES string of the molecule is Fc1ccc(-n2cccn2)c(CN2CCCN(Cc3cccnc3)CC2)c1. The molecule has 1 saturated heterocycles. The highest BCUT2D eigenvalue weighted by atomic mass is 19.1. The fraction of sp³-hybridized carbons (Fsp3) is 0.333. The summed E-state index contributed by atoms with van der Waals surface area (Å²) in [6.07, 6.45) is 8.49. The zero-order chi connectivity index (χ0) is 18.5. The van der Waals surface area contributed by atoms with Gasteiger partial charge in [0, 0.05) is 51.0 Å². The van der Waals surface area contributed by atoms with Crippen LogP contribution < -0.4 is 0 Å². The molecule has 1 aromatic carbocycles. The quantitative estimate of drug-likeness (QED) is 0.696. The molecule has 1 aliphatic heterocycles. The largest absolute Gasteiger partial charge is 0.298 e. The van der Waals surface area contributed by atoms with Gasteiger partial charge in [-0.1, -0.05) is 6.07 Å². The minimum atomic E-state index is -0.200. The van der Waals surface area contributed by atoms with Crippen LogP contribution in [-0.2, 0) is 13.1 Å². The third-order valence-electron chi connectivity index (χ3n) is 5.00. The molecule has 3 aromatic rings. The zero-order valence-electron chi connectivity index (χ0n) is 15.3. The van der Waals surface area contributed by atoms with E-state index < -0.39 is 0 Å². The van der Waals surface area contributed by atoms with Crippen LogP contribution in [0.2, 0.25) is 0 Å². The van der Waals surface area contributed by atoms with E-state index >= 15 is 0 Å². The van der Waals surface area contributed by atoms with Gasteiger partial charge in [-0.05, 0) is 61.0 Å². The highest BCUT2D eigenvalue weighted by Crippen LogP contribution is 2.19. The summed E-state index contributed by atoms with van der Waals surface area (Å²) >= 11 is 0. The van der Waals surface area contributed by atoms with E-state index in [0.29, 0.717) is 0 Å². The van der Waals surface area contributed by atoms with E-state index in [0.717, 1.165) is 56.9 Å². The molecular formula is C21H24FN5. The Morgan fingerprint density at radius 3 is 2.52 bits per heavy atom. The lowest BCUT2D eigenvalue weighted by atomic mass is 10.1. The van der Waals surface area contributed by atoms with E-state index in [1.807, 2.05) is 36.8 Å². The van der Waals surface area contributed by atoms with Crippen molar-refractivity contribution in [3.8, 4) is 5.69 Å². The first-order valence-corrected chi connectivity index (χ1v) is 9.40. The van der Waals surface area contributed by atoms with Crippen LogP contribution in [0.5, 0.6) is 0 Å². The third-order valence-corrected chi connectivity index (χ3v) is 5.00. The van der Waals surface area contributed by atoms with Gasteiger partial charge in [-0.2, -0.15) is 5.10 Å². The number of halogens is 1. The highest BCUT2D eigenvalue weighted by Gasteiger charge is 2.17. The van der Waals surface area contributed by atoms with Crippen LogP contribution in [0.1, 0.15) is 17.5 Å². The summed E-state index contributed by atoms with van der Waals surface area (Å²) in [5.41, 5.74) is 3.16. The molecule has 0 radical (unpaired) electrons. The van der Waals surface area contributed by atoms with Crippen LogP contribution in [0, 0.1) is 5.82 Å². The molecule has 0 amide bonds. The molecule has 27 heavy (non-hydrogen) atoms. The molecule has 1 aliphatic rings. The Morgan fingerprint density at radius 2 is 1.78 bits per heavy atom. The van der Waals surface area contributed by atoms with Crippen LogP contribution in [-0.4, -0.2) is 50.7 Å². The van der Waals surface area contributed by atoms with Crippen molar-refractivity contribution < 1.29 is 4.39 Å². The summed E-state index contributed by atoms with van der Waals surface area (Å²) in [5.74, 6) is -0.200. The van der Waals surface area contributed by atoms with E-state index in [4.69, 9.17) is 0 Å². The second kappa shape index (κ2) is 8.41. The van der Waals surface area contributed by atoms with Gasteiger partial charge in [0.1, 0.15) is 5.82 Å². The molecule has 5 nitrogen and oxygen atoms in total. The van der Waals surface area contributed by atoms with Gasteiger partial charge in [-0.15, -0.1) is 0 Å². The van der Waals surface area contributed by atoms with E-state index in [1.54, 1.807) is 16.9 Å². The molecule has 0 N–H and O–H groups in total. The van der Waals surface area contributed by atoms with E-state index in [-0.39, 0.29) is 5.82 Å². The summed E-state index contributed by atoms with van der Waals surface area (Å²) in [4.78, 5) is 9.08. The van der Waals surface area contributed by atoms with Crippen molar-refractivity contribution in [3.63, 3.8) is 0 Å². The van der Waals surface area contributed by atoms with Gasteiger partial charge in [0.2, 0.25) is 0 Å². The van der Waals surface area contributed by atoms with Crippen molar-refractivity contribution in [2.24, 2.45) is 0 Å². The second-order valence-corrected chi connectivity index (χ2v) is 6.99. The van der Waals surface area contributed by atoms with E-state index in [9.17, 15) is 4.39 Å². The van der Waals surface area contributed by atoms with Crippen molar-refractivity contribution in [1.82, 2.24) is 24.6 Å². The van der Waals surface area contributed by atoms with Crippen LogP contribution in [0.25, 0.3) is 5.69 Å². The zero-order valence-corrected chi connectivity index (χ0v) is 15.3. The second-order valence-electron chi connectivity index (χ2n) is 6.99. The lowest BCUT2D eigenvalue weighted by molar-refractivity contribution is 0.246. The molecule has 2 aromatic heterocycles. The lowest BCUT2D eigenvalue weighted by Crippen LogP contribution is -2.30. The maximum absolute atomic E-state index is 13.9. The summed E-state index contributed by atoms with van der Waals surface area (Å²) < 4.78 is 15.7. The van der Waals surface area contributed by atoms with Crippen LogP contribution >= 0.6 is 0 Å². The van der Waals surface area contributed by atoms with Gasteiger partial charge in [-0.25, -0.2) is 9.07 Å². The maximum atomic E-state index is 13.9. The smallest absolute Gasteiger partial charge is 0.123 e. The molecule has 0 bridgehead atoms. The normalized spacial score (nSPS) is 16.3. The monoisotopic (exact) mass is 365 g/mol. The summed E-state index contributed by atoms with van der Waals surface area (Å²) in [6, 6.07) is 10.9. The molecule has 3 heterocycles. The maximum Gasteiger partial charge on any atom is 0.123 e. The van der Waals surface area contributed by atoms with Gasteiger partial charge in [0.15, 0.2) is 0 Å². The van der Waals surface area contributed by atoms with E-state index in [1.165, 1.54) is 11.6 Å². The number of hydrogen-bond acceptors (Lipinski definition) is 4. The number of hydrogen-bond donors (Lipinski definition) is 0. The van der Waals surface area contributed by atoms with Crippen molar-refractivity contribution >= 4 is 0 Å². The predicted octanol–water partition coefficient (Wildman–Crippen LogP) is 3.11. The summed E-state index contributed by atoms with van der Waals surface area (Å²) in [6.45, 7) is 5.71. The molecule has 0 aliphatic carbocycles. The molecule has 1 fully saturated rings. The number of nitrogens with zero attached hydrogens (tertiary/aromatic N) is 5. The standard InChI is InChI=1S/C21H24FN5/c22-20-5-6-21(27-11-2-8-24-27)19(14-20)17-26-10-3-9-25(12-13-26)16-18-4-1-7-23-15-18/h1-2,4-8,11,14-15H,3,9-10,12-13,16-17H2. The minimum Gasteiger partial charge on any atom is -0.298 e. The molecule has 0 saturated carbocycles. The Balaban J connectivity index is 1.43. The molecule has 6 heteroatoms. The van der Waals surface area contributed by atoms with Crippen molar-refractivity contribution in [2.45, 2.75) is 19.5 Å². The number of rotatable bonds is 5. The van der Waals surface area contributed by atoms with Gasteiger partial charge >= 0.3 is 0 Å². The predicted molar refractivity (Wildman–Crippen MR) is 103 cm³/mol. The highest BCUT2D eigenvalue weighted by molar-refractivity contribution is 5.40. The first-order chi connectivity index (χ1) is 13.3. The number of aromatic nitrogens is 3.